The van der Waals surface area contributed by atoms with E-state index in [1.807, 2.05) is 0 Å². The molecule has 1 aromatic rings. The maximum atomic E-state index is 12.7. The molecule has 16 heavy (non-hydrogen) atoms. The number of hydrogen-bond acceptors (Lipinski definition) is 3. The van der Waals surface area contributed by atoms with Crippen LogP contribution in [-0.2, 0) is 13.1 Å². The molecule has 0 amide bonds. The van der Waals surface area contributed by atoms with Crippen molar-refractivity contribution in [1.29, 1.82) is 0 Å². The third-order valence-electron chi connectivity index (χ3n) is 2.43. The largest absolute Gasteiger partial charge is 0.496 e. The number of hydrogen-bond donors (Lipinski definition) is 1. The molecule has 90 valence electrons. The first-order valence-corrected chi connectivity index (χ1v) is 5.17. The van der Waals surface area contributed by atoms with Gasteiger partial charge in [0.05, 0.1) is 14.2 Å². The normalized spacial score (nSPS) is 10.2. The monoisotopic (exact) mass is 228 g/mol. The Morgan fingerprint density at radius 1 is 1.12 bits per heavy atom. The van der Waals surface area contributed by atoms with Crippen molar-refractivity contribution in [2.45, 2.75) is 19.5 Å². The lowest BCUT2D eigenvalue weighted by Gasteiger charge is -2.13. The van der Waals surface area contributed by atoms with Crippen molar-refractivity contribution in [2.75, 3.05) is 20.8 Å². The first-order valence-electron chi connectivity index (χ1n) is 5.17. The Morgan fingerprint density at radius 3 is 2.19 bits per heavy atom. The first-order chi connectivity index (χ1) is 7.76. The Hall–Kier alpha value is -1.29. The van der Waals surface area contributed by atoms with Crippen molar-refractivity contribution in [3.05, 3.63) is 23.3 Å². The van der Waals surface area contributed by atoms with E-state index in [0.717, 1.165) is 5.56 Å². The van der Waals surface area contributed by atoms with E-state index in [0.29, 0.717) is 29.9 Å². The SMILES string of the molecule is COc1cc(CCCO)c(OC)cc1CF. The molecule has 0 radical (unpaired) electrons. The maximum absolute atomic E-state index is 12.7. The Bertz CT molecular complexity index is 339. The number of aryl methyl sites for hydroxylation is 1. The van der Waals surface area contributed by atoms with E-state index >= 15 is 0 Å². The fourth-order valence-corrected chi connectivity index (χ4v) is 1.59. The van der Waals surface area contributed by atoms with Gasteiger partial charge in [-0.1, -0.05) is 0 Å². The van der Waals surface area contributed by atoms with Gasteiger partial charge in [0.15, 0.2) is 0 Å². The molecule has 0 aliphatic rings. The fourth-order valence-electron chi connectivity index (χ4n) is 1.59. The summed E-state index contributed by atoms with van der Waals surface area (Å²) in [5, 5.41) is 8.79. The summed E-state index contributed by atoms with van der Waals surface area (Å²) in [6.45, 7) is -0.462. The van der Waals surface area contributed by atoms with Gasteiger partial charge in [0.2, 0.25) is 0 Å². The second kappa shape index (κ2) is 6.33. The lowest BCUT2D eigenvalue weighted by Crippen LogP contribution is -1.98. The number of halogens is 1. The van der Waals surface area contributed by atoms with E-state index in [1.54, 1.807) is 19.2 Å². The topological polar surface area (TPSA) is 38.7 Å². The highest BCUT2D eigenvalue weighted by atomic mass is 19.1. The van der Waals surface area contributed by atoms with Gasteiger partial charge in [-0.05, 0) is 30.5 Å². The highest BCUT2D eigenvalue weighted by Crippen LogP contribution is 2.30. The van der Waals surface area contributed by atoms with E-state index in [1.165, 1.54) is 7.11 Å². The molecule has 4 heteroatoms. The molecule has 0 bridgehead atoms. The molecule has 3 nitrogen and oxygen atoms in total. The van der Waals surface area contributed by atoms with Crippen molar-refractivity contribution < 1.29 is 19.0 Å². The minimum absolute atomic E-state index is 0.121. The summed E-state index contributed by atoms with van der Waals surface area (Å²) in [6.07, 6.45) is 1.33. The van der Waals surface area contributed by atoms with Crippen molar-refractivity contribution in [3.63, 3.8) is 0 Å². The van der Waals surface area contributed by atoms with Crippen LogP contribution in [0.1, 0.15) is 17.5 Å². The minimum atomic E-state index is -0.584. The number of aliphatic hydroxyl groups is 1. The molecular weight excluding hydrogens is 211 g/mol. The van der Waals surface area contributed by atoms with Crippen molar-refractivity contribution in [2.24, 2.45) is 0 Å². The average molecular weight is 228 g/mol. The zero-order valence-corrected chi connectivity index (χ0v) is 9.62. The van der Waals surface area contributed by atoms with Crippen LogP contribution in [0.25, 0.3) is 0 Å². The standard InChI is InChI=1S/C12H17FO3/c1-15-11-7-10(8-13)12(16-2)6-9(11)4-3-5-14/h6-7,14H,3-5,8H2,1-2H3. The number of methoxy groups -OCH3 is 2. The molecule has 1 N–H and O–H groups in total. The molecule has 0 aliphatic carbocycles. The summed E-state index contributed by atoms with van der Waals surface area (Å²) in [5.41, 5.74) is 1.40. The summed E-state index contributed by atoms with van der Waals surface area (Å²) >= 11 is 0. The summed E-state index contributed by atoms with van der Waals surface area (Å²) in [6, 6.07) is 3.41. The fraction of sp³-hybridized carbons (Fsp3) is 0.500. The molecule has 0 heterocycles. The Kier molecular flexibility index (Phi) is 5.05. The Balaban J connectivity index is 3.05. The number of rotatable bonds is 6. The molecule has 1 aromatic carbocycles. The van der Waals surface area contributed by atoms with Crippen LogP contribution in [0.3, 0.4) is 0 Å². The highest BCUT2D eigenvalue weighted by Gasteiger charge is 2.10. The molecule has 0 atom stereocenters. The van der Waals surface area contributed by atoms with Gasteiger partial charge >= 0.3 is 0 Å². The van der Waals surface area contributed by atoms with Crippen LogP contribution >= 0.6 is 0 Å². The van der Waals surface area contributed by atoms with Crippen LogP contribution in [0.15, 0.2) is 12.1 Å². The molecule has 0 aliphatic heterocycles. The second-order valence-corrected chi connectivity index (χ2v) is 3.44. The van der Waals surface area contributed by atoms with Crippen molar-refractivity contribution in [3.8, 4) is 11.5 Å². The zero-order chi connectivity index (χ0) is 12.0. The maximum Gasteiger partial charge on any atom is 0.125 e. The van der Waals surface area contributed by atoms with Crippen molar-refractivity contribution >= 4 is 0 Å². The van der Waals surface area contributed by atoms with Gasteiger partial charge in [0.25, 0.3) is 0 Å². The van der Waals surface area contributed by atoms with Crippen LogP contribution in [0, 0.1) is 0 Å². The molecule has 1 rings (SSSR count). The number of aliphatic hydroxyl groups excluding tert-OH is 1. The Labute approximate surface area is 94.8 Å². The summed E-state index contributed by atoms with van der Waals surface area (Å²) in [4.78, 5) is 0. The quantitative estimate of drug-likeness (QED) is 0.810. The van der Waals surface area contributed by atoms with Gasteiger partial charge in [-0.2, -0.15) is 0 Å². The van der Waals surface area contributed by atoms with Gasteiger partial charge in [-0.15, -0.1) is 0 Å². The predicted octanol–water partition coefficient (Wildman–Crippen LogP) is 2.10. The first kappa shape index (κ1) is 12.8. The van der Waals surface area contributed by atoms with Gasteiger partial charge in [0, 0.05) is 12.2 Å². The van der Waals surface area contributed by atoms with E-state index in [4.69, 9.17) is 14.6 Å². The third-order valence-corrected chi connectivity index (χ3v) is 2.43. The van der Waals surface area contributed by atoms with Crippen LogP contribution < -0.4 is 9.47 Å². The van der Waals surface area contributed by atoms with Crippen molar-refractivity contribution in [1.82, 2.24) is 0 Å². The molecule has 0 unspecified atom stereocenters. The smallest absolute Gasteiger partial charge is 0.125 e. The summed E-state index contributed by atoms with van der Waals surface area (Å²) in [5.74, 6) is 1.16. The van der Waals surface area contributed by atoms with Crippen LogP contribution in [0.4, 0.5) is 4.39 Å². The molecule has 0 fully saturated rings. The number of alkyl halides is 1. The molecule has 0 spiro atoms. The lowest BCUT2D eigenvalue weighted by molar-refractivity contribution is 0.287. The Morgan fingerprint density at radius 2 is 1.69 bits per heavy atom. The number of ether oxygens (including phenoxy) is 2. The number of benzene rings is 1. The highest BCUT2D eigenvalue weighted by molar-refractivity contribution is 5.46. The molecule has 0 saturated heterocycles. The summed E-state index contributed by atoms with van der Waals surface area (Å²) in [7, 11) is 3.06. The van der Waals surface area contributed by atoms with E-state index in [9.17, 15) is 4.39 Å². The van der Waals surface area contributed by atoms with E-state index < -0.39 is 6.67 Å². The van der Waals surface area contributed by atoms with Crippen LogP contribution in [-0.4, -0.2) is 25.9 Å². The lowest BCUT2D eigenvalue weighted by atomic mass is 10.1. The second-order valence-electron chi connectivity index (χ2n) is 3.44. The van der Waals surface area contributed by atoms with Gasteiger partial charge < -0.3 is 14.6 Å². The predicted molar refractivity (Wildman–Crippen MR) is 59.8 cm³/mol. The molecular formula is C12H17FO3. The minimum Gasteiger partial charge on any atom is -0.496 e. The van der Waals surface area contributed by atoms with Crippen LogP contribution in [0.2, 0.25) is 0 Å². The van der Waals surface area contributed by atoms with Crippen LogP contribution in [0.5, 0.6) is 11.5 Å². The summed E-state index contributed by atoms with van der Waals surface area (Å²) < 4.78 is 23.0. The van der Waals surface area contributed by atoms with E-state index in [2.05, 4.69) is 0 Å². The third kappa shape index (κ3) is 2.85. The van der Waals surface area contributed by atoms with Gasteiger partial charge in [-0.3, -0.25) is 0 Å². The van der Waals surface area contributed by atoms with Gasteiger partial charge in [0.1, 0.15) is 18.2 Å². The zero-order valence-electron chi connectivity index (χ0n) is 9.62. The average Bonchev–Trinajstić information content (AvgIpc) is 2.35. The molecule has 0 aromatic heterocycles. The van der Waals surface area contributed by atoms with E-state index in [-0.39, 0.29) is 6.61 Å². The van der Waals surface area contributed by atoms with Gasteiger partial charge in [-0.25, -0.2) is 4.39 Å². The molecule has 0 saturated carbocycles.